The SMILES string of the molecule is CC(C)(C)OC(=O)C1C(=O)CC(C)(O)C(C(=O)OC(C)(C)C)C1c1cccc(N)c1. The van der Waals surface area contributed by atoms with Crippen LogP contribution in [0.3, 0.4) is 0 Å². The quantitative estimate of drug-likeness (QED) is 0.439. The molecule has 1 saturated carbocycles. The van der Waals surface area contributed by atoms with E-state index in [1.165, 1.54) is 6.92 Å². The van der Waals surface area contributed by atoms with Crippen molar-refractivity contribution in [3.8, 4) is 0 Å². The average Bonchev–Trinajstić information content (AvgIpc) is 2.49. The molecule has 1 aliphatic rings. The lowest BCUT2D eigenvalue weighted by atomic mass is 9.61. The molecule has 3 N–H and O–H groups in total. The molecule has 0 aliphatic heterocycles. The molecule has 4 unspecified atom stereocenters. The van der Waals surface area contributed by atoms with Gasteiger partial charge in [-0.2, -0.15) is 0 Å². The topological polar surface area (TPSA) is 116 Å². The Morgan fingerprint density at radius 3 is 2.10 bits per heavy atom. The van der Waals surface area contributed by atoms with E-state index < -0.39 is 52.3 Å². The van der Waals surface area contributed by atoms with Gasteiger partial charge in [0, 0.05) is 18.0 Å². The molecule has 0 bridgehead atoms. The summed E-state index contributed by atoms with van der Waals surface area (Å²) in [5.74, 6) is -5.29. The lowest BCUT2D eigenvalue weighted by Crippen LogP contribution is -2.56. The molecule has 0 radical (unpaired) electrons. The van der Waals surface area contributed by atoms with Crippen molar-refractivity contribution in [2.75, 3.05) is 5.73 Å². The van der Waals surface area contributed by atoms with Crippen molar-refractivity contribution in [3.63, 3.8) is 0 Å². The molecule has 2 rings (SSSR count). The van der Waals surface area contributed by atoms with Gasteiger partial charge in [-0.15, -0.1) is 0 Å². The molecular weight excluding hydrogens is 386 g/mol. The number of aliphatic hydroxyl groups is 1. The van der Waals surface area contributed by atoms with Gasteiger partial charge in [0.05, 0.1) is 11.5 Å². The second-order valence-corrected chi connectivity index (χ2v) is 10.2. The van der Waals surface area contributed by atoms with Gasteiger partial charge in [0.2, 0.25) is 0 Å². The summed E-state index contributed by atoms with van der Waals surface area (Å²) in [7, 11) is 0. The molecule has 0 saturated heterocycles. The Kier molecular flexibility index (Phi) is 6.38. The van der Waals surface area contributed by atoms with Crippen molar-refractivity contribution in [2.24, 2.45) is 11.8 Å². The van der Waals surface area contributed by atoms with E-state index >= 15 is 0 Å². The summed E-state index contributed by atoms with van der Waals surface area (Å²) < 4.78 is 11.1. The first-order valence-electron chi connectivity index (χ1n) is 10.1. The molecule has 166 valence electrons. The van der Waals surface area contributed by atoms with Crippen LogP contribution in [-0.2, 0) is 23.9 Å². The van der Waals surface area contributed by atoms with Gasteiger partial charge in [0.15, 0.2) is 5.78 Å². The predicted octanol–water partition coefficient (Wildman–Crippen LogP) is 2.99. The highest BCUT2D eigenvalue weighted by molar-refractivity contribution is 6.03. The van der Waals surface area contributed by atoms with Crippen LogP contribution in [0.25, 0.3) is 0 Å². The lowest BCUT2D eigenvalue weighted by Gasteiger charge is -2.44. The first-order chi connectivity index (χ1) is 13.5. The molecule has 1 aromatic rings. The van der Waals surface area contributed by atoms with Gasteiger partial charge in [-0.3, -0.25) is 14.4 Å². The molecular formula is C23H33NO6. The van der Waals surface area contributed by atoms with E-state index in [2.05, 4.69) is 0 Å². The highest BCUT2D eigenvalue weighted by Crippen LogP contribution is 2.47. The van der Waals surface area contributed by atoms with E-state index in [4.69, 9.17) is 15.2 Å². The Labute approximate surface area is 177 Å². The summed E-state index contributed by atoms with van der Waals surface area (Å²) >= 11 is 0. The van der Waals surface area contributed by atoms with Gasteiger partial charge >= 0.3 is 11.9 Å². The zero-order valence-corrected chi connectivity index (χ0v) is 18.8. The number of hydrogen-bond acceptors (Lipinski definition) is 7. The van der Waals surface area contributed by atoms with Gasteiger partial charge in [-0.05, 0) is 66.2 Å². The molecule has 30 heavy (non-hydrogen) atoms. The first kappa shape index (κ1) is 23.9. The highest BCUT2D eigenvalue weighted by atomic mass is 16.6. The maximum absolute atomic E-state index is 13.2. The van der Waals surface area contributed by atoms with E-state index in [1.54, 1.807) is 65.8 Å². The maximum atomic E-state index is 13.2. The van der Waals surface area contributed by atoms with E-state index in [0.29, 0.717) is 11.3 Å². The minimum Gasteiger partial charge on any atom is -0.460 e. The molecule has 0 amide bonds. The minimum atomic E-state index is -1.70. The summed E-state index contributed by atoms with van der Waals surface area (Å²) in [6.07, 6.45) is -0.361. The van der Waals surface area contributed by atoms with E-state index in [0.717, 1.165) is 0 Å². The smallest absolute Gasteiger partial charge is 0.317 e. The van der Waals surface area contributed by atoms with Gasteiger partial charge < -0.3 is 20.3 Å². The summed E-state index contributed by atoms with van der Waals surface area (Å²) in [5, 5.41) is 11.1. The van der Waals surface area contributed by atoms with Crippen molar-refractivity contribution >= 4 is 23.4 Å². The van der Waals surface area contributed by atoms with Crippen molar-refractivity contribution in [1.29, 1.82) is 0 Å². The molecule has 7 nitrogen and oxygen atoms in total. The normalized spacial score (nSPS) is 27.5. The molecule has 7 heteroatoms. The molecule has 0 heterocycles. The fourth-order valence-electron chi connectivity index (χ4n) is 3.91. The van der Waals surface area contributed by atoms with Crippen LogP contribution in [0.5, 0.6) is 0 Å². The molecule has 0 aromatic heterocycles. The molecule has 1 aromatic carbocycles. The van der Waals surface area contributed by atoms with Crippen LogP contribution in [0.2, 0.25) is 0 Å². The Morgan fingerprint density at radius 2 is 1.60 bits per heavy atom. The lowest BCUT2D eigenvalue weighted by molar-refractivity contribution is -0.182. The fraction of sp³-hybridized carbons (Fsp3) is 0.609. The minimum absolute atomic E-state index is 0.361. The third-order valence-electron chi connectivity index (χ3n) is 4.88. The molecule has 1 fully saturated rings. The van der Waals surface area contributed by atoms with Crippen LogP contribution >= 0.6 is 0 Å². The summed E-state index contributed by atoms with van der Waals surface area (Å²) in [4.78, 5) is 39.2. The van der Waals surface area contributed by atoms with E-state index in [-0.39, 0.29) is 6.42 Å². The molecule has 4 atom stereocenters. The number of rotatable bonds is 3. The molecule has 0 spiro atoms. The third kappa shape index (κ3) is 5.59. The number of hydrogen-bond donors (Lipinski definition) is 2. The summed E-state index contributed by atoms with van der Waals surface area (Å²) in [6.45, 7) is 11.7. The number of benzene rings is 1. The number of Topliss-reactive ketones (excluding diaryl/α,β-unsaturated/α-hetero) is 1. The van der Waals surface area contributed by atoms with Gasteiger partial charge in [-0.25, -0.2) is 0 Å². The van der Waals surface area contributed by atoms with Crippen molar-refractivity contribution in [2.45, 2.75) is 77.6 Å². The monoisotopic (exact) mass is 419 g/mol. The van der Waals surface area contributed by atoms with Gasteiger partial charge in [-0.1, -0.05) is 12.1 Å². The van der Waals surface area contributed by atoms with Crippen molar-refractivity contribution in [1.82, 2.24) is 0 Å². The summed E-state index contributed by atoms with van der Waals surface area (Å²) in [5.41, 5.74) is 3.51. The zero-order valence-electron chi connectivity index (χ0n) is 18.8. The Balaban J connectivity index is 2.64. The largest absolute Gasteiger partial charge is 0.460 e. The Hall–Kier alpha value is -2.41. The Morgan fingerprint density at radius 1 is 1.07 bits per heavy atom. The van der Waals surface area contributed by atoms with Crippen LogP contribution in [0.4, 0.5) is 5.69 Å². The number of esters is 2. The number of nitrogens with two attached hydrogens (primary N) is 1. The standard InChI is InChI=1S/C23H33NO6/c1-21(2,3)29-19(26)17-15(25)12-23(7,28)18(20(27)30-22(4,5)6)16(17)13-9-8-10-14(24)11-13/h8-11,16-18,28H,12,24H2,1-7H3. The number of nitrogen functional groups attached to an aromatic ring is 1. The first-order valence-corrected chi connectivity index (χ1v) is 10.1. The van der Waals surface area contributed by atoms with Crippen molar-refractivity contribution < 1.29 is 29.0 Å². The third-order valence-corrected chi connectivity index (χ3v) is 4.88. The second-order valence-electron chi connectivity index (χ2n) is 10.2. The van der Waals surface area contributed by atoms with Crippen molar-refractivity contribution in [3.05, 3.63) is 29.8 Å². The highest BCUT2D eigenvalue weighted by Gasteiger charge is 2.57. The predicted molar refractivity (Wildman–Crippen MR) is 113 cm³/mol. The number of anilines is 1. The number of carbonyl (C=O) groups excluding carboxylic acids is 3. The van der Waals surface area contributed by atoms with E-state index in [9.17, 15) is 19.5 Å². The zero-order chi connectivity index (χ0) is 23.1. The van der Waals surface area contributed by atoms with Gasteiger partial charge in [0.1, 0.15) is 17.1 Å². The summed E-state index contributed by atoms with van der Waals surface area (Å²) in [6, 6.07) is 6.63. The Bertz CT molecular complexity index is 831. The van der Waals surface area contributed by atoms with Gasteiger partial charge in [0.25, 0.3) is 0 Å². The van der Waals surface area contributed by atoms with Crippen LogP contribution in [0, 0.1) is 11.8 Å². The van der Waals surface area contributed by atoms with Crippen LogP contribution in [0.15, 0.2) is 24.3 Å². The van der Waals surface area contributed by atoms with Crippen LogP contribution < -0.4 is 5.73 Å². The second kappa shape index (κ2) is 8.02. The maximum Gasteiger partial charge on any atom is 0.317 e. The average molecular weight is 420 g/mol. The van der Waals surface area contributed by atoms with Crippen LogP contribution in [0.1, 0.15) is 66.4 Å². The number of ketones is 1. The van der Waals surface area contributed by atoms with E-state index in [1.807, 2.05) is 0 Å². The number of ether oxygens (including phenoxy) is 2. The number of carbonyl (C=O) groups is 3. The van der Waals surface area contributed by atoms with Crippen LogP contribution in [-0.4, -0.2) is 39.6 Å². The fourth-order valence-corrected chi connectivity index (χ4v) is 3.91. The molecule has 1 aliphatic carbocycles.